The van der Waals surface area contributed by atoms with Crippen LogP contribution in [-0.4, -0.2) is 34.4 Å². The summed E-state index contributed by atoms with van der Waals surface area (Å²) in [5, 5.41) is 12.8. The van der Waals surface area contributed by atoms with Crippen molar-refractivity contribution in [3.05, 3.63) is 23.8 Å². The molecule has 0 saturated heterocycles. The summed E-state index contributed by atoms with van der Waals surface area (Å²) in [5.41, 5.74) is 1.16. The van der Waals surface area contributed by atoms with Gasteiger partial charge < -0.3 is 10.4 Å². The minimum atomic E-state index is -0.851. The second kappa shape index (κ2) is 6.76. The predicted octanol–water partition coefficient (Wildman–Crippen LogP) is 4.19. The Morgan fingerprint density at radius 2 is 2.20 bits per heavy atom. The fraction of sp³-hybridized carbons (Fsp3) is 0.533. The van der Waals surface area contributed by atoms with Crippen molar-refractivity contribution >= 4 is 35.2 Å². The van der Waals surface area contributed by atoms with Crippen molar-refractivity contribution in [2.75, 3.05) is 23.9 Å². The van der Waals surface area contributed by atoms with Gasteiger partial charge in [0.2, 0.25) is 0 Å². The Bertz CT molecular complexity index is 481. The van der Waals surface area contributed by atoms with E-state index in [0.717, 1.165) is 22.9 Å². The quantitative estimate of drug-likeness (QED) is 0.739. The summed E-state index contributed by atoms with van der Waals surface area (Å²) in [7, 11) is 0. The summed E-state index contributed by atoms with van der Waals surface area (Å²) in [6.45, 7) is 2.88. The lowest BCUT2D eigenvalue weighted by atomic mass is 9.84. The SMILES string of the molecule is CCSc1cccc(NCC2(SC)CCC2)c1C(=O)O. The number of hydrogen-bond acceptors (Lipinski definition) is 4. The van der Waals surface area contributed by atoms with Crippen LogP contribution in [0, 0.1) is 0 Å². The zero-order valence-corrected chi connectivity index (χ0v) is 13.6. The normalized spacial score (nSPS) is 16.5. The first-order valence-electron chi connectivity index (χ1n) is 6.90. The van der Waals surface area contributed by atoms with Crippen LogP contribution >= 0.6 is 23.5 Å². The highest BCUT2D eigenvalue weighted by Crippen LogP contribution is 2.43. The van der Waals surface area contributed by atoms with Gasteiger partial charge in [-0.15, -0.1) is 11.8 Å². The summed E-state index contributed by atoms with van der Waals surface area (Å²) >= 11 is 3.47. The minimum absolute atomic E-state index is 0.295. The Morgan fingerprint density at radius 3 is 2.70 bits per heavy atom. The number of carboxylic acid groups (broad SMARTS) is 1. The van der Waals surface area contributed by atoms with E-state index in [4.69, 9.17) is 0 Å². The van der Waals surface area contributed by atoms with Crippen molar-refractivity contribution in [1.82, 2.24) is 0 Å². The fourth-order valence-corrected chi connectivity index (χ4v) is 4.20. The molecule has 5 heteroatoms. The average Bonchev–Trinajstić information content (AvgIpc) is 2.38. The Kier molecular flexibility index (Phi) is 5.27. The third-order valence-corrected chi connectivity index (χ3v) is 6.20. The summed E-state index contributed by atoms with van der Waals surface area (Å²) in [6, 6.07) is 5.69. The molecule has 1 aromatic rings. The molecule has 1 aliphatic rings. The molecule has 0 aromatic heterocycles. The molecule has 1 fully saturated rings. The third-order valence-electron chi connectivity index (χ3n) is 3.84. The maximum Gasteiger partial charge on any atom is 0.338 e. The van der Waals surface area contributed by atoms with E-state index < -0.39 is 5.97 Å². The van der Waals surface area contributed by atoms with Crippen molar-refractivity contribution in [3.63, 3.8) is 0 Å². The molecule has 0 atom stereocenters. The first-order valence-corrected chi connectivity index (χ1v) is 9.11. The molecule has 0 bridgehead atoms. The number of nitrogens with one attached hydrogen (secondary N) is 1. The zero-order valence-electron chi connectivity index (χ0n) is 11.9. The molecule has 2 rings (SSSR count). The second-order valence-electron chi connectivity index (χ2n) is 5.01. The van der Waals surface area contributed by atoms with Gasteiger partial charge in [-0.05, 0) is 37.0 Å². The zero-order chi connectivity index (χ0) is 14.6. The first-order chi connectivity index (χ1) is 9.62. The van der Waals surface area contributed by atoms with Crippen molar-refractivity contribution in [2.45, 2.75) is 35.8 Å². The van der Waals surface area contributed by atoms with Crippen LogP contribution in [0.1, 0.15) is 36.5 Å². The molecular weight excluding hydrogens is 290 g/mol. The largest absolute Gasteiger partial charge is 0.478 e. The summed E-state index contributed by atoms with van der Waals surface area (Å²) < 4.78 is 0.295. The highest BCUT2D eigenvalue weighted by atomic mass is 32.2. The molecule has 2 N–H and O–H groups in total. The van der Waals surface area contributed by atoms with Crippen LogP contribution in [0.3, 0.4) is 0 Å². The molecule has 3 nitrogen and oxygen atoms in total. The molecule has 0 heterocycles. The molecule has 110 valence electrons. The van der Waals surface area contributed by atoms with E-state index in [1.807, 2.05) is 36.9 Å². The van der Waals surface area contributed by atoms with E-state index in [2.05, 4.69) is 11.6 Å². The van der Waals surface area contributed by atoms with Crippen molar-refractivity contribution in [2.24, 2.45) is 0 Å². The lowest BCUT2D eigenvalue weighted by Crippen LogP contribution is -2.40. The van der Waals surface area contributed by atoms with E-state index >= 15 is 0 Å². The van der Waals surface area contributed by atoms with Gasteiger partial charge in [-0.25, -0.2) is 4.79 Å². The van der Waals surface area contributed by atoms with E-state index in [9.17, 15) is 9.90 Å². The second-order valence-corrected chi connectivity index (χ2v) is 7.59. The van der Waals surface area contributed by atoms with Gasteiger partial charge in [-0.2, -0.15) is 11.8 Å². The molecule has 20 heavy (non-hydrogen) atoms. The number of carbonyl (C=O) groups is 1. The number of carboxylic acids is 1. The highest BCUT2D eigenvalue weighted by molar-refractivity contribution is 8.00. The molecular formula is C15H21NO2S2. The molecule has 0 spiro atoms. The molecule has 1 aromatic carbocycles. The van der Waals surface area contributed by atoms with Gasteiger partial charge in [-0.3, -0.25) is 0 Å². The number of rotatable bonds is 7. The van der Waals surface area contributed by atoms with Gasteiger partial charge in [0.25, 0.3) is 0 Å². The standard InChI is InChI=1S/C15H21NO2S2/c1-3-20-12-7-4-6-11(13(12)14(17)18)16-10-15(19-2)8-5-9-15/h4,6-7,16H,3,5,8-10H2,1-2H3,(H,17,18). The topological polar surface area (TPSA) is 49.3 Å². The third kappa shape index (κ3) is 3.26. The molecule has 0 unspecified atom stereocenters. The number of hydrogen-bond donors (Lipinski definition) is 2. The van der Waals surface area contributed by atoms with Crippen LogP contribution in [0.15, 0.2) is 23.1 Å². The Hall–Kier alpha value is -0.810. The van der Waals surface area contributed by atoms with Crippen LogP contribution in [0.2, 0.25) is 0 Å². The lowest BCUT2D eigenvalue weighted by molar-refractivity contribution is 0.0694. The monoisotopic (exact) mass is 311 g/mol. The van der Waals surface area contributed by atoms with Crippen molar-refractivity contribution in [1.29, 1.82) is 0 Å². The summed E-state index contributed by atoms with van der Waals surface area (Å²) in [4.78, 5) is 12.4. The lowest BCUT2D eigenvalue weighted by Gasteiger charge is -2.40. The van der Waals surface area contributed by atoms with Crippen molar-refractivity contribution in [3.8, 4) is 0 Å². The minimum Gasteiger partial charge on any atom is -0.478 e. The number of anilines is 1. The maximum atomic E-state index is 11.5. The summed E-state index contributed by atoms with van der Waals surface area (Å²) in [5.74, 6) is 0.0224. The predicted molar refractivity (Wildman–Crippen MR) is 88.4 cm³/mol. The Labute approximate surface area is 128 Å². The Balaban J connectivity index is 2.18. The van der Waals surface area contributed by atoms with Crippen LogP contribution < -0.4 is 5.32 Å². The number of benzene rings is 1. The van der Waals surface area contributed by atoms with Crippen LogP contribution in [0.5, 0.6) is 0 Å². The van der Waals surface area contributed by atoms with Gasteiger partial charge in [0.05, 0.1) is 5.56 Å². The maximum absolute atomic E-state index is 11.5. The number of thioether (sulfide) groups is 2. The smallest absolute Gasteiger partial charge is 0.338 e. The van der Waals surface area contributed by atoms with Gasteiger partial charge in [0, 0.05) is 21.9 Å². The van der Waals surface area contributed by atoms with Gasteiger partial charge in [0.1, 0.15) is 0 Å². The average molecular weight is 311 g/mol. The Morgan fingerprint density at radius 1 is 1.45 bits per heavy atom. The van der Waals surface area contributed by atoms with E-state index in [1.165, 1.54) is 19.3 Å². The molecule has 1 saturated carbocycles. The highest BCUT2D eigenvalue weighted by Gasteiger charge is 2.36. The van der Waals surface area contributed by atoms with Crippen molar-refractivity contribution < 1.29 is 9.90 Å². The van der Waals surface area contributed by atoms with E-state index in [-0.39, 0.29) is 0 Å². The fourth-order valence-electron chi connectivity index (χ4n) is 2.46. The van der Waals surface area contributed by atoms with Crippen LogP contribution in [0.25, 0.3) is 0 Å². The van der Waals surface area contributed by atoms with Gasteiger partial charge >= 0.3 is 5.97 Å². The number of aromatic carboxylic acids is 1. The van der Waals surface area contributed by atoms with Gasteiger partial charge in [-0.1, -0.05) is 19.4 Å². The summed E-state index contributed by atoms with van der Waals surface area (Å²) in [6.07, 6.45) is 5.85. The molecule has 0 amide bonds. The molecule has 0 radical (unpaired) electrons. The van der Waals surface area contributed by atoms with E-state index in [1.54, 1.807) is 11.8 Å². The van der Waals surface area contributed by atoms with Crippen LogP contribution in [0.4, 0.5) is 5.69 Å². The molecule has 0 aliphatic heterocycles. The van der Waals surface area contributed by atoms with Gasteiger partial charge in [0.15, 0.2) is 0 Å². The molecule has 1 aliphatic carbocycles. The van der Waals surface area contributed by atoms with Crippen LogP contribution in [-0.2, 0) is 0 Å². The first kappa shape index (κ1) is 15.6. The van der Waals surface area contributed by atoms with E-state index in [0.29, 0.717) is 10.3 Å².